The summed E-state index contributed by atoms with van der Waals surface area (Å²) in [5.41, 5.74) is 7.70. The zero-order valence-corrected chi connectivity index (χ0v) is 11.4. The molecular formula is C15H21N3O. The Morgan fingerprint density at radius 2 is 2.05 bits per heavy atom. The zero-order chi connectivity index (χ0) is 13.7. The lowest BCUT2D eigenvalue weighted by Gasteiger charge is -2.14. The lowest BCUT2D eigenvalue weighted by atomic mass is 9.96. The van der Waals surface area contributed by atoms with E-state index in [4.69, 9.17) is 5.73 Å². The first-order chi connectivity index (χ1) is 9.26. The van der Waals surface area contributed by atoms with Crippen LogP contribution in [0.2, 0.25) is 0 Å². The summed E-state index contributed by atoms with van der Waals surface area (Å²) in [5.74, 6) is -0.00795. The number of carbonyl (C=O) groups is 1. The summed E-state index contributed by atoms with van der Waals surface area (Å²) in [5, 5.41) is 6.10. The molecule has 4 heteroatoms. The third-order valence-electron chi connectivity index (χ3n) is 3.34. The fraction of sp³-hybridized carbons (Fsp3) is 0.467. The predicted octanol–water partition coefficient (Wildman–Crippen LogP) is 2.15. The van der Waals surface area contributed by atoms with Crippen LogP contribution >= 0.6 is 0 Å². The van der Waals surface area contributed by atoms with Gasteiger partial charge in [-0.1, -0.05) is 43.7 Å². The fourth-order valence-electron chi connectivity index (χ4n) is 2.40. The van der Waals surface area contributed by atoms with E-state index in [1.165, 1.54) is 0 Å². The van der Waals surface area contributed by atoms with Crippen molar-refractivity contribution < 1.29 is 4.79 Å². The Morgan fingerprint density at radius 1 is 1.32 bits per heavy atom. The Hall–Kier alpha value is -1.68. The van der Waals surface area contributed by atoms with E-state index in [9.17, 15) is 4.79 Å². The molecule has 1 heterocycles. The largest absolute Gasteiger partial charge is 0.330 e. The first kappa shape index (κ1) is 13.7. The van der Waals surface area contributed by atoms with Crippen LogP contribution in [0, 0.1) is 5.92 Å². The SMILES string of the molecule is CCCC1=NN(Cc2ccccc2)C(=O)C1CCN. The van der Waals surface area contributed by atoms with Crippen molar-refractivity contribution in [1.29, 1.82) is 0 Å². The molecule has 0 saturated carbocycles. The standard InChI is InChI=1S/C15H21N3O/c1-2-6-14-13(9-10-16)15(19)18(17-14)11-12-7-4-3-5-8-12/h3-5,7-8,13H,2,6,9-11,16H2,1H3. The summed E-state index contributed by atoms with van der Waals surface area (Å²) < 4.78 is 0. The van der Waals surface area contributed by atoms with Crippen LogP contribution in [0.5, 0.6) is 0 Å². The average Bonchev–Trinajstić information content (AvgIpc) is 2.70. The molecule has 0 saturated heterocycles. The molecule has 2 N–H and O–H groups in total. The number of hydrogen-bond acceptors (Lipinski definition) is 3. The highest BCUT2D eigenvalue weighted by Crippen LogP contribution is 2.23. The summed E-state index contributed by atoms with van der Waals surface area (Å²) >= 11 is 0. The van der Waals surface area contributed by atoms with Crippen molar-refractivity contribution >= 4 is 11.6 Å². The van der Waals surface area contributed by atoms with Crippen molar-refractivity contribution in [3.8, 4) is 0 Å². The summed E-state index contributed by atoms with van der Waals surface area (Å²) in [6, 6.07) is 9.95. The normalized spacial score (nSPS) is 18.8. The molecule has 1 atom stereocenters. The molecule has 1 aliphatic heterocycles. The lowest BCUT2D eigenvalue weighted by molar-refractivity contribution is -0.132. The van der Waals surface area contributed by atoms with Crippen molar-refractivity contribution in [1.82, 2.24) is 5.01 Å². The molecule has 0 aromatic heterocycles. The molecule has 1 amide bonds. The van der Waals surface area contributed by atoms with Crippen LogP contribution in [0.3, 0.4) is 0 Å². The van der Waals surface area contributed by atoms with Crippen molar-refractivity contribution in [3.63, 3.8) is 0 Å². The highest BCUT2D eigenvalue weighted by molar-refractivity contribution is 6.07. The van der Waals surface area contributed by atoms with Gasteiger partial charge in [0, 0.05) is 0 Å². The molecule has 0 aliphatic carbocycles. The number of hydrogen-bond donors (Lipinski definition) is 1. The van der Waals surface area contributed by atoms with E-state index in [-0.39, 0.29) is 11.8 Å². The van der Waals surface area contributed by atoms with Gasteiger partial charge in [0.1, 0.15) is 0 Å². The molecule has 102 valence electrons. The van der Waals surface area contributed by atoms with Crippen molar-refractivity contribution in [2.45, 2.75) is 32.7 Å². The number of nitrogens with zero attached hydrogens (tertiary/aromatic N) is 2. The van der Waals surface area contributed by atoms with E-state index in [1.807, 2.05) is 30.3 Å². The summed E-state index contributed by atoms with van der Waals surface area (Å²) in [6.45, 7) is 3.18. The van der Waals surface area contributed by atoms with Crippen LogP contribution < -0.4 is 5.73 Å². The monoisotopic (exact) mass is 259 g/mol. The van der Waals surface area contributed by atoms with E-state index in [0.29, 0.717) is 19.5 Å². The third-order valence-corrected chi connectivity index (χ3v) is 3.34. The lowest BCUT2D eigenvalue weighted by Crippen LogP contribution is -2.29. The molecular weight excluding hydrogens is 238 g/mol. The molecule has 1 aromatic rings. The van der Waals surface area contributed by atoms with E-state index < -0.39 is 0 Å². The second-order valence-corrected chi connectivity index (χ2v) is 4.85. The topological polar surface area (TPSA) is 58.7 Å². The van der Waals surface area contributed by atoms with Gasteiger partial charge >= 0.3 is 0 Å². The van der Waals surface area contributed by atoms with Gasteiger partial charge in [0.15, 0.2) is 0 Å². The van der Waals surface area contributed by atoms with Crippen LogP contribution in [0.25, 0.3) is 0 Å². The minimum Gasteiger partial charge on any atom is -0.330 e. The minimum atomic E-state index is -0.103. The van der Waals surface area contributed by atoms with E-state index in [2.05, 4.69) is 12.0 Å². The maximum atomic E-state index is 12.3. The molecule has 0 fully saturated rings. The Morgan fingerprint density at radius 3 is 2.68 bits per heavy atom. The second kappa shape index (κ2) is 6.48. The Kier molecular flexibility index (Phi) is 4.68. The van der Waals surface area contributed by atoms with Gasteiger partial charge < -0.3 is 5.73 Å². The van der Waals surface area contributed by atoms with Gasteiger partial charge in [0.2, 0.25) is 0 Å². The maximum absolute atomic E-state index is 12.3. The average molecular weight is 259 g/mol. The number of rotatable bonds is 6. The van der Waals surface area contributed by atoms with Crippen molar-refractivity contribution in [2.24, 2.45) is 16.8 Å². The minimum absolute atomic E-state index is 0.0951. The number of carbonyl (C=O) groups excluding carboxylic acids is 1. The first-order valence-electron chi connectivity index (χ1n) is 6.89. The highest BCUT2D eigenvalue weighted by atomic mass is 16.2. The van der Waals surface area contributed by atoms with E-state index in [0.717, 1.165) is 24.1 Å². The summed E-state index contributed by atoms with van der Waals surface area (Å²) in [7, 11) is 0. The van der Waals surface area contributed by atoms with E-state index >= 15 is 0 Å². The molecule has 1 aliphatic rings. The molecule has 0 spiro atoms. The molecule has 0 bridgehead atoms. The number of hydrazone groups is 1. The van der Waals surface area contributed by atoms with Crippen LogP contribution in [0.1, 0.15) is 31.7 Å². The fourth-order valence-corrected chi connectivity index (χ4v) is 2.40. The molecule has 4 nitrogen and oxygen atoms in total. The summed E-state index contributed by atoms with van der Waals surface area (Å²) in [6.07, 6.45) is 2.58. The van der Waals surface area contributed by atoms with Crippen LogP contribution in [0.15, 0.2) is 35.4 Å². The number of benzene rings is 1. The van der Waals surface area contributed by atoms with Gasteiger partial charge in [-0.05, 0) is 24.9 Å². The maximum Gasteiger partial charge on any atom is 0.251 e. The van der Waals surface area contributed by atoms with E-state index in [1.54, 1.807) is 5.01 Å². The zero-order valence-electron chi connectivity index (χ0n) is 11.4. The van der Waals surface area contributed by atoms with Crippen LogP contribution in [0.4, 0.5) is 0 Å². The van der Waals surface area contributed by atoms with Gasteiger partial charge in [-0.25, -0.2) is 5.01 Å². The quantitative estimate of drug-likeness (QED) is 0.851. The molecule has 0 radical (unpaired) electrons. The Balaban J connectivity index is 2.11. The van der Waals surface area contributed by atoms with Crippen molar-refractivity contribution in [2.75, 3.05) is 6.54 Å². The van der Waals surface area contributed by atoms with Gasteiger partial charge in [-0.3, -0.25) is 4.79 Å². The first-order valence-corrected chi connectivity index (χ1v) is 6.89. The highest BCUT2D eigenvalue weighted by Gasteiger charge is 2.34. The Labute approximate surface area is 114 Å². The van der Waals surface area contributed by atoms with Gasteiger partial charge in [-0.15, -0.1) is 0 Å². The molecule has 1 aromatic carbocycles. The smallest absolute Gasteiger partial charge is 0.251 e. The van der Waals surface area contributed by atoms with Crippen LogP contribution in [-0.4, -0.2) is 23.2 Å². The molecule has 19 heavy (non-hydrogen) atoms. The Bertz CT molecular complexity index is 456. The van der Waals surface area contributed by atoms with Gasteiger partial charge in [0.05, 0.1) is 18.2 Å². The van der Waals surface area contributed by atoms with Crippen LogP contribution in [-0.2, 0) is 11.3 Å². The second-order valence-electron chi connectivity index (χ2n) is 4.85. The third kappa shape index (κ3) is 3.20. The van der Waals surface area contributed by atoms with Gasteiger partial charge in [-0.2, -0.15) is 5.10 Å². The molecule has 1 unspecified atom stereocenters. The predicted molar refractivity (Wildman–Crippen MR) is 76.5 cm³/mol. The van der Waals surface area contributed by atoms with Crippen molar-refractivity contribution in [3.05, 3.63) is 35.9 Å². The molecule has 2 rings (SSSR count). The number of amides is 1. The van der Waals surface area contributed by atoms with Gasteiger partial charge in [0.25, 0.3) is 5.91 Å². The number of nitrogens with two attached hydrogens (primary N) is 1. The summed E-state index contributed by atoms with van der Waals surface area (Å²) in [4.78, 5) is 12.3.